The number of anilines is 1. The molecule has 1 saturated carbocycles. The Morgan fingerprint density at radius 2 is 1.41 bits per heavy atom. The van der Waals surface area contributed by atoms with Crippen LogP contribution < -0.4 is 30.2 Å². The van der Waals surface area contributed by atoms with Crippen molar-refractivity contribution in [2.45, 2.75) is 12.8 Å². The van der Waals surface area contributed by atoms with Crippen LogP contribution in [0.5, 0.6) is 17.2 Å². The molecule has 0 spiro atoms. The molecule has 1 fully saturated rings. The van der Waals surface area contributed by atoms with Crippen molar-refractivity contribution in [1.29, 1.82) is 0 Å². The maximum Gasteiger partial charge on any atom is 0.255 e. The molecule has 32 heavy (non-hydrogen) atoms. The largest absolute Gasteiger partial charge is 0.493 e. The Kier molecular flexibility index (Phi) is 7.54. The van der Waals surface area contributed by atoms with Crippen molar-refractivity contribution in [2.24, 2.45) is 5.92 Å². The summed E-state index contributed by atoms with van der Waals surface area (Å²) >= 11 is 0. The van der Waals surface area contributed by atoms with Crippen molar-refractivity contribution in [3.63, 3.8) is 0 Å². The van der Waals surface area contributed by atoms with E-state index in [1.165, 1.54) is 21.3 Å². The van der Waals surface area contributed by atoms with Crippen molar-refractivity contribution < 1.29 is 28.6 Å². The first-order valence-electron chi connectivity index (χ1n) is 10.2. The maximum absolute atomic E-state index is 12.7. The second kappa shape index (κ2) is 10.5. The molecule has 1 aliphatic carbocycles. The quantitative estimate of drug-likeness (QED) is 0.487. The van der Waals surface area contributed by atoms with E-state index in [-0.39, 0.29) is 23.6 Å². The van der Waals surface area contributed by atoms with E-state index >= 15 is 0 Å². The van der Waals surface area contributed by atoms with E-state index in [9.17, 15) is 14.4 Å². The van der Waals surface area contributed by atoms with Gasteiger partial charge in [-0.15, -0.1) is 0 Å². The lowest BCUT2D eigenvalue weighted by Crippen LogP contribution is -2.35. The van der Waals surface area contributed by atoms with Crippen LogP contribution in [0.4, 0.5) is 5.69 Å². The molecular formula is C23H27N3O6. The minimum absolute atomic E-state index is 0.0476. The average molecular weight is 441 g/mol. The van der Waals surface area contributed by atoms with Gasteiger partial charge in [0.25, 0.3) is 11.8 Å². The number of carbonyl (C=O) groups excluding carboxylic acids is 3. The number of amides is 3. The molecular weight excluding hydrogens is 414 g/mol. The number of carbonyl (C=O) groups is 3. The van der Waals surface area contributed by atoms with Crippen molar-refractivity contribution >= 4 is 23.4 Å². The van der Waals surface area contributed by atoms with Gasteiger partial charge in [0.1, 0.15) is 0 Å². The number of hydrogen-bond acceptors (Lipinski definition) is 6. The van der Waals surface area contributed by atoms with Gasteiger partial charge in [-0.05, 0) is 49.2 Å². The molecule has 0 bridgehead atoms. The molecule has 0 aromatic heterocycles. The predicted molar refractivity (Wildman–Crippen MR) is 119 cm³/mol. The number of methoxy groups -OCH3 is 3. The Morgan fingerprint density at radius 3 is 1.94 bits per heavy atom. The summed E-state index contributed by atoms with van der Waals surface area (Å²) in [4.78, 5) is 36.5. The van der Waals surface area contributed by atoms with Crippen molar-refractivity contribution in [2.75, 3.05) is 39.7 Å². The van der Waals surface area contributed by atoms with Gasteiger partial charge in [0, 0.05) is 35.8 Å². The molecule has 0 aliphatic heterocycles. The van der Waals surface area contributed by atoms with Crippen LogP contribution in [-0.2, 0) is 4.79 Å². The molecule has 0 radical (unpaired) electrons. The predicted octanol–water partition coefficient (Wildman–Crippen LogP) is 2.22. The van der Waals surface area contributed by atoms with E-state index in [1.807, 2.05) is 0 Å². The number of nitrogens with one attached hydrogen (secondary N) is 3. The van der Waals surface area contributed by atoms with Gasteiger partial charge in [-0.2, -0.15) is 0 Å². The minimum atomic E-state index is -0.368. The second-order valence-corrected chi connectivity index (χ2v) is 7.27. The van der Waals surface area contributed by atoms with E-state index in [1.54, 1.807) is 36.4 Å². The molecule has 2 aromatic carbocycles. The van der Waals surface area contributed by atoms with Crippen LogP contribution in [-0.4, -0.2) is 52.1 Å². The van der Waals surface area contributed by atoms with E-state index in [4.69, 9.17) is 14.2 Å². The van der Waals surface area contributed by atoms with Crippen molar-refractivity contribution in [1.82, 2.24) is 10.6 Å². The number of ether oxygens (including phenoxy) is 3. The minimum Gasteiger partial charge on any atom is -0.493 e. The van der Waals surface area contributed by atoms with Crippen LogP contribution in [0.2, 0.25) is 0 Å². The number of benzene rings is 2. The van der Waals surface area contributed by atoms with Crippen LogP contribution in [0.3, 0.4) is 0 Å². The molecule has 3 amide bonds. The zero-order valence-electron chi connectivity index (χ0n) is 18.3. The lowest BCUT2D eigenvalue weighted by atomic mass is 10.1. The van der Waals surface area contributed by atoms with Crippen LogP contribution in [0.25, 0.3) is 0 Å². The first-order valence-corrected chi connectivity index (χ1v) is 10.2. The Labute approximate surface area is 186 Å². The third-order valence-corrected chi connectivity index (χ3v) is 4.99. The molecule has 0 heterocycles. The Bertz CT molecular complexity index is 961. The standard InChI is InChI=1S/C23H27N3O6/c1-30-18-12-16(13-19(31-2)20(18)32-3)23(29)26-17-8-6-15(7-9-17)22(28)25-11-10-24-21(27)14-4-5-14/h6-9,12-14H,4-5,10-11H2,1-3H3,(H,24,27)(H,25,28)(H,26,29). The fourth-order valence-electron chi connectivity index (χ4n) is 3.07. The molecule has 170 valence electrons. The summed E-state index contributed by atoms with van der Waals surface area (Å²) in [7, 11) is 4.44. The van der Waals surface area contributed by atoms with Gasteiger partial charge in [0.2, 0.25) is 11.7 Å². The number of hydrogen-bond donors (Lipinski definition) is 3. The summed E-state index contributed by atoms with van der Waals surface area (Å²) in [6.07, 6.45) is 1.89. The SMILES string of the molecule is COc1cc(C(=O)Nc2ccc(C(=O)NCCNC(=O)C3CC3)cc2)cc(OC)c1OC. The van der Waals surface area contributed by atoms with Crippen molar-refractivity contribution in [3.05, 3.63) is 47.5 Å². The van der Waals surface area contributed by atoms with Gasteiger partial charge < -0.3 is 30.2 Å². The Hall–Kier alpha value is -3.75. The van der Waals surface area contributed by atoms with Gasteiger partial charge in [0.15, 0.2) is 11.5 Å². The Balaban J connectivity index is 1.56. The fourth-order valence-corrected chi connectivity index (χ4v) is 3.07. The summed E-state index contributed by atoms with van der Waals surface area (Å²) in [6, 6.07) is 9.62. The Morgan fingerprint density at radius 1 is 0.812 bits per heavy atom. The fraction of sp³-hybridized carbons (Fsp3) is 0.348. The third kappa shape index (κ3) is 5.69. The molecule has 9 heteroatoms. The molecule has 1 aliphatic rings. The average Bonchev–Trinajstić information content (AvgIpc) is 3.66. The lowest BCUT2D eigenvalue weighted by Gasteiger charge is -2.14. The highest BCUT2D eigenvalue weighted by atomic mass is 16.5. The van der Waals surface area contributed by atoms with E-state index in [0.717, 1.165) is 12.8 Å². The van der Waals surface area contributed by atoms with Crippen LogP contribution in [0, 0.1) is 5.92 Å². The highest BCUT2D eigenvalue weighted by molar-refractivity contribution is 6.05. The van der Waals surface area contributed by atoms with Crippen LogP contribution in [0.15, 0.2) is 36.4 Å². The third-order valence-electron chi connectivity index (χ3n) is 4.99. The van der Waals surface area contributed by atoms with Crippen molar-refractivity contribution in [3.8, 4) is 17.2 Å². The van der Waals surface area contributed by atoms with E-state index in [2.05, 4.69) is 16.0 Å². The zero-order valence-corrected chi connectivity index (χ0v) is 18.3. The van der Waals surface area contributed by atoms with Gasteiger partial charge in [-0.1, -0.05) is 0 Å². The zero-order chi connectivity index (χ0) is 23.1. The summed E-state index contributed by atoms with van der Waals surface area (Å²) < 4.78 is 15.8. The van der Waals surface area contributed by atoms with Gasteiger partial charge in [-0.3, -0.25) is 14.4 Å². The second-order valence-electron chi connectivity index (χ2n) is 7.27. The normalized spacial score (nSPS) is 12.5. The molecule has 2 aromatic rings. The van der Waals surface area contributed by atoms with E-state index < -0.39 is 0 Å². The molecule has 0 unspecified atom stereocenters. The highest BCUT2D eigenvalue weighted by Crippen LogP contribution is 2.38. The first kappa shape index (κ1) is 22.9. The maximum atomic E-state index is 12.7. The molecule has 3 N–H and O–H groups in total. The van der Waals surface area contributed by atoms with Gasteiger partial charge >= 0.3 is 0 Å². The topological polar surface area (TPSA) is 115 Å². The molecule has 0 saturated heterocycles. The summed E-state index contributed by atoms with van der Waals surface area (Å²) in [5.41, 5.74) is 1.30. The first-order chi connectivity index (χ1) is 15.5. The smallest absolute Gasteiger partial charge is 0.255 e. The lowest BCUT2D eigenvalue weighted by molar-refractivity contribution is -0.122. The highest BCUT2D eigenvalue weighted by Gasteiger charge is 2.29. The summed E-state index contributed by atoms with van der Waals surface area (Å²) in [5, 5.41) is 8.33. The number of rotatable bonds is 10. The van der Waals surface area contributed by atoms with Gasteiger partial charge in [0.05, 0.1) is 21.3 Å². The summed E-state index contributed by atoms with van der Waals surface area (Å²) in [5.74, 6) is 0.713. The monoisotopic (exact) mass is 441 g/mol. The van der Waals surface area contributed by atoms with E-state index in [0.29, 0.717) is 47.2 Å². The van der Waals surface area contributed by atoms with Gasteiger partial charge in [-0.25, -0.2) is 0 Å². The van der Waals surface area contributed by atoms with Crippen LogP contribution in [0.1, 0.15) is 33.6 Å². The molecule has 3 rings (SSSR count). The molecule has 0 atom stereocenters. The summed E-state index contributed by atoms with van der Waals surface area (Å²) in [6.45, 7) is 0.737. The molecule has 9 nitrogen and oxygen atoms in total. The van der Waals surface area contributed by atoms with Crippen LogP contribution >= 0.6 is 0 Å².